The van der Waals surface area contributed by atoms with Crippen LogP contribution in [0.1, 0.15) is 19.4 Å². The molecule has 1 unspecified atom stereocenters. The lowest BCUT2D eigenvalue weighted by Crippen LogP contribution is -2.25. The van der Waals surface area contributed by atoms with E-state index in [-0.39, 0.29) is 17.7 Å². The normalized spacial score (nSPS) is 12.8. The Labute approximate surface area is 114 Å². The average molecular weight is 284 g/mol. The Kier molecular flexibility index (Phi) is 4.94. The first-order chi connectivity index (χ1) is 8.67. The fourth-order valence-electron chi connectivity index (χ4n) is 1.86. The summed E-state index contributed by atoms with van der Waals surface area (Å²) in [6.07, 6.45) is 1.22. The van der Waals surface area contributed by atoms with Crippen LogP contribution in [0.25, 0.3) is 0 Å². The largest absolute Gasteiger partial charge is 0.382 e. The fraction of sp³-hybridized carbons (Fsp3) is 0.462. The Morgan fingerprint density at radius 2 is 2.00 bits per heavy atom. The Hall–Kier alpha value is -1.56. The first-order valence-electron chi connectivity index (χ1n) is 6.00. The van der Waals surface area contributed by atoms with E-state index in [0.29, 0.717) is 0 Å². The van der Waals surface area contributed by atoms with Crippen LogP contribution >= 0.6 is 0 Å². The number of carbonyl (C=O) groups is 1. The number of rotatable bonds is 5. The van der Waals surface area contributed by atoms with Crippen LogP contribution in [0.2, 0.25) is 0 Å². The zero-order chi connectivity index (χ0) is 14.6. The number of aryl methyl sites for hydroxylation is 1. The lowest BCUT2D eigenvalue weighted by Gasteiger charge is -2.16. The summed E-state index contributed by atoms with van der Waals surface area (Å²) in [5.74, 6) is -0.0336. The topological polar surface area (TPSA) is 75.3 Å². The van der Waals surface area contributed by atoms with Gasteiger partial charge in [0.15, 0.2) is 0 Å². The average Bonchev–Trinajstić information content (AvgIpc) is 2.18. The molecule has 0 aliphatic carbocycles. The molecule has 1 amide bonds. The van der Waals surface area contributed by atoms with E-state index in [1.807, 2.05) is 26.0 Å². The smallest absolute Gasteiger partial charge is 0.221 e. The van der Waals surface area contributed by atoms with Crippen LogP contribution in [0.15, 0.2) is 18.2 Å². The molecule has 1 aromatic rings. The molecular formula is C13H20N2O3S. The number of benzene rings is 1. The van der Waals surface area contributed by atoms with Crippen LogP contribution in [-0.2, 0) is 14.6 Å². The predicted octanol–water partition coefficient (Wildman–Crippen LogP) is 1.80. The Bertz CT molecular complexity index is 567. The van der Waals surface area contributed by atoms with Gasteiger partial charge in [-0.2, -0.15) is 0 Å². The van der Waals surface area contributed by atoms with E-state index in [2.05, 4.69) is 10.6 Å². The maximum Gasteiger partial charge on any atom is 0.221 e. The Morgan fingerprint density at radius 3 is 2.47 bits per heavy atom. The van der Waals surface area contributed by atoms with Gasteiger partial charge in [0.2, 0.25) is 5.91 Å². The second kappa shape index (κ2) is 6.06. The summed E-state index contributed by atoms with van der Waals surface area (Å²) >= 11 is 0. The number of carbonyl (C=O) groups excluding carboxylic acids is 1. The highest BCUT2D eigenvalue weighted by atomic mass is 32.2. The van der Waals surface area contributed by atoms with E-state index in [0.717, 1.165) is 16.9 Å². The summed E-state index contributed by atoms with van der Waals surface area (Å²) in [7, 11) is -3.00. The zero-order valence-corrected chi connectivity index (χ0v) is 12.5. The van der Waals surface area contributed by atoms with Crippen molar-refractivity contribution in [1.29, 1.82) is 0 Å². The second-order valence-electron chi connectivity index (χ2n) is 4.85. The van der Waals surface area contributed by atoms with Crippen molar-refractivity contribution in [2.45, 2.75) is 26.8 Å². The molecule has 1 rings (SSSR count). The summed E-state index contributed by atoms with van der Waals surface area (Å²) in [6.45, 7) is 5.16. The summed E-state index contributed by atoms with van der Waals surface area (Å²) in [4.78, 5) is 11.0. The highest BCUT2D eigenvalue weighted by molar-refractivity contribution is 7.90. The minimum absolute atomic E-state index is 0.0828. The molecule has 0 radical (unpaired) electrons. The Morgan fingerprint density at radius 1 is 1.37 bits per heavy atom. The maximum absolute atomic E-state index is 11.2. The number of nitrogens with one attached hydrogen (secondary N) is 2. The molecule has 0 aliphatic heterocycles. The van der Waals surface area contributed by atoms with Gasteiger partial charge < -0.3 is 10.6 Å². The fourth-order valence-corrected chi connectivity index (χ4v) is 2.86. The molecule has 106 valence electrons. The summed E-state index contributed by atoms with van der Waals surface area (Å²) in [6, 6.07) is 5.33. The van der Waals surface area contributed by atoms with Gasteiger partial charge in [0.05, 0.1) is 5.75 Å². The van der Waals surface area contributed by atoms with E-state index in [4.69, 9.17) is 0 Å². The highest BCUT2D eigenvalue weighted by Gasteiger charge is 2.10. The molecule has 19 heavy (non-hydrogen) atoms. The third-order valence-corrected chi connectivity index (χ3v) is 3.61. The van der Waals surface area contributed by atoms with Gasteiger partial charge in [-0.3, -0.25) is 4.79 Å². The minimum Gasteiger partial charge on any atom is -0.382 e. The quantitative estimate of drug-likeness (QED) is 0.864. The van der Waals surface area contributed by atoms with Gasteiger partial charge >= 0.3 is 0 Å². The molecule has 0 saturated heterocycles. The van der Waals surface area contributed by atoms with E-state index >= 15 is 0 Å². The van der Waals surface area contributed by atoms with Crippen molar-refractivity contribution in [3.63, 3.8) is 0 Å². The van der Waals surface area contributed by atoms with Gasteiger partial charge in [0.1, 0.15) is 9.84 Å². The zero-order valence-electron chi connectivity index (χ0n) is 11.6. The molecule has 1 atom stereocenters. The van der Waals surface area contributed by atoms with Crippen molar-refractivity contribution in [2.24, 2.45) is 0 Å². The molecule has 0 spiro atoms. The molecule has 1 aromatic carbocycles. The maximum atomic E-state index is 11.2. The molecule has 0 saturated carbocycles. The van der Waals surface area contributed by atoms with E-state index < -0.39 is 9.84 Å². The van der Waals surface area contributed by atoms with Gasteiger partial charge in [0, 0.05) is 30.6 Å². The number of amides is 1. The SMILES string of the molecule is CC(=O)Nc1ccc(NC(C)CS(C)(=O)=O)cc1C. The molecule has 0 fully saturated rings. The molecule has 0 bridgehead atoms. The van der Waals surface area contributed by atoms with Crippen LogP contribution in [0.3, 0.4) is 0 Å². The van der Waals surface area contributed by atoms with Crippen molar-refractivity contribution in [1.82, 2.24) is 0 Å². The van der Waals surface area contributed by atoms with Crippen LogP contribution in [-0.4, -0.2) is 32.4 Å². The van der Waals surface area contributed by atoms with Crippen LogP contribution < -0.4 is 10.6 Å². The highest BCUT2D eigenvalue weighted by Crippen LogP contribution is 2.20. The van der Waals surface area contributed by atoms with Crippen molar-refractivity contribution >= 4 is 27.1 Å². The molecule has 0 aliphatic rings. The Balaban J connectivity index is 2.76. The first kappa shape index (κ1) is 15.5. The van der Waals surface area contributed by atoms with Crippen LogP contribution in [0.4, 0.5) is 11.4 Å². The second-order valence-corrected chi connectivity index (χ2v) is 7.03. The van der Waals surface area contributed by atoms with E-state index in [1.54, 1.807) is 6.07 Å². The summed E-state index contributed by atoms with van der Waals surface area (Å²) in [5, 5.41) is 5.86. The van der Waals surface area contributed by atoms with Gasteiger partial charge in [-0.15, -0.1) is 0 Å². The van der Waals surface area contributed by atoms with Crippen LogP contribution in [0.5, 0.6) is 0 Å². The monoisotopic (exact) mass is 284 g/mol. The standard InChI is InChI=1S/C13H20N2O3S/c1-9-7-12(5-6-13(9)15-11(3)16)14-10(2)8-19(4,17)18/h5-7,10,14H,8H2,1-4H3,(H,15,16). The molecule has 0 heterocycles. The minimum atomic E-state index is -3.00. The third kappa shape index (κ3) is 5.74. The lowest BCUT2D eigenvalue weighted by atomic mass is 10.1. The van der Waals surface area contributed by atoms with E-state index in [1.165, 1.54) is 13.2 Å². The molecule has 5 nitrogen and oxygen atoms in total. The van der Waals surface area contributed by atoms with Gasteiger partial charge in [0.25, 0.3) is 0 Å². The molecule has 0 aromatic heterocycles. The third-order valence-electron chi connectivity index (χ3n) is 2.50. The summed E-state index contributed by atoms with van der Waals surface area (Å²) in [5.41, 5.74) is 2.52. The number of sulfone groups is 1. The number of anilines is 2. The first-order valence-corrected chi connectivity index (χ1v) is 8.06. The van der Waals surface area contributed by atoms with Gasteiger partial charge in [-0.05, 0) is 37.6 Å². The summed E-state index contributed by atoms with van der Waals surface area (Å²) < 4.78 is 22.4. The van der Waals surface area contributed by atoms with Crippen molar-refractivity contribution in [3.05, 3.63) is 23.8 Å². The van der Waals surface area contributed by atoms with Crippen LogP contribution in [0, 0.1) is 6.92 Å². The van der Waals surface area contributed by atoms with E-state index in [9.17, 15) is 13.2 Å². The van der Waals surface area contributed by atoms with Gasteiger partial charge in [-0.25, -0.2) is 8.42 Å². The molecular weight excluding hydrogens is 264 g/mol. The number of hydrogen-bond donors (Lipinski definition) is 2. The number of hydrogen-bond acceptors (Lipinski definition) is 4. The van der Waals surface area contributed by atoms with Crippen molar-refractivity contribution < 1.29 is 13.2 Å². The van der Waals surface area contributed by atoms with Gasteiger partial charge in [-0.1, -0.05) is 0 Å². The lowest BCUT2D eigenvalue weighted by molar-refractivity contribution is -0.114. The molecule has 6 heteroatoms. The van der Waals surface area contributed by atoms with Crippen molar-refractivity contribution in [3.8, 4) is 0 Å². The van der Waals surface area contributed by atoms with Crippen molar-refractivity contribution in [2.75, 3.05) is 22.6 Å². The predicted molar refractivity (Wildman–Crippen MR) is 78.3 cm³/mol. The molecule has 2 N–H and O–H groups in total.